The molecule has 0 bridgehead atoms. The van der Waals surface area contributed by atoms with Crippen LogP contribution in [0, 0.1) is 0 Å². The number of fused-ring (bicyclic) bond motifs is 1. The zero-order chi connectivity index (χ0) is 23.9. The van der Waals surface area contributed by atoms with Gasteiger partial charge in [0.15, 0.2) is 0 Å². The molecule has 1 aromatic heterocycles. The minimum absolute atomic E-state index is 0.0704. The molecule has 0 aliphatic heterocycles. The van der Waals surface area contributed by atoms with Crippen molar-refractivity contribution in [3.05, 3.63) is 144 Å². The average molecular weight is 459 g/mol. The van der Waals surface area contributed by atoms with Crippen molar-refractivity contribution in [2.24, 2.45) is 0 Å². The van der Waals surface area contributed by atoms with Gasteiger partial charge in [-0.05, 0) is 47.1 Å². The quantitative estimate of drug-likeness (QED) is 0.246. The van der Waals surface area contributed by atoms with E-state index in [2.05, 4.69) is 83.2 Å². The number of H-pyrrole nitrogens is 1. The highest BCUT2D eigenvalue weighted by Crippen LogP contribution is 2.31. The number of carbonyl (C=O) groups is 1. The fraction of sp³-hybridized carbons (Fsp3) is 0.156. The first-order valence-corrected chi connectivity index (χ1v) is 12.2. The van der Waals surface area contributed by atoms with Crippen LogP contribution in [0.2, 0.25) is 0 Å². The lowest BCUT2D eigenvalue weighted by atomic mass is 9.88. The van der Waals surface area contributed by atoms with Crippen molar-refractivity contribution < 1.29 is 4.79 Å². The van der Waals surface area contributed by atoms with Crippen molar-refractivity contribution in [1.82, 2.24) is 10.3 Å². The molecule has 3 nitrogen and oxygen atoms in total. The van der Waals surface area contributed by atoms with E-state index in [1.807, 2.05) is 48.5 Å². The van der Waals surface area contributed by atoms with E-state index >= 15 is 0 Å². The van der Waals surface area contributed by atoms with Gasteiger partial charge in [-0.2, -0.15) is 0 Å². The summed E-state index contributed by atoms with van der Waals surface area (Å²) >= 11 is 0. The zero-order valence-corrected chi connectivity index (χ0v) is 19.7. The van der Waals surface area contributed by atoms with Gasteiger partial charge < -0.3 is 10.3 Å². The molecule has 5 rings (SSSR count). The largest absolute Gasteiger partial charge is 0.361 e. The number of aromatic amines is 1. The van der Waals surface area contributed by atoms with E-state index in [1.54, 1.807) is 0 Å². The number of carbonyl (C=O) groups excluding carboxylic acids is 1. The molecule has 0 saturated carbocycles. The average Bonchev–Trinajstić information content (AvgIpc) is 3.34. The number of nitrogens with one attached hydrogen (secondary N) is 2. The molecule has 0 saturated heterocycles. The van der Waals surface area contributed by atoms with Crippen LogP contribution in [-0.2, 0) is 17.6 Å². The summed E-state index contributed by atoms with van der Waals surface area (Å²) in [5.41, 5.74) is 5.86. The van der Waals surface area contributed by atoms with Gasteiger partial charge in [0.1, 0.15) is 0 Å². The van der Waals surface area contributed by atoms with E-state index in [-0.39, 0.29) is 17.9 Å². The van der Waals surface area contributed by atoms with Crippen molar-refractivity contribution in [2.45, 2.75) is 31.2 Å². The first kappa shape index (κ1) is 22.7. The normalized spacial score (nSPS) is 12.8. The summed E-state index contributed by atoms with van der Waals surface area (Å²) in [5.74, 6) is 0.141. The molecule has 2 atom stereocenters. The van der Waals surface area contributed by atoms with Crippen LogP contribution >= 0.6 is 0 Å². The monoisotopic (exact) mass is 458 g/mol. The summed E-state index contributed by atoms with van der Waals surface area (Å²) in [6.45, 7) is 0. The predicted molar refractivity (Wildman–Crippen MR) is 143 cm³/mol. The summed E-state index contributed by atoms with van der Waals surface area (Å²) < 4.78 is 0. The Balaban J connectivity index is 1.40. The number of benzene rings is 4. The Bertz CT molecular complexity index is 1360. The SMILES string of the molecule is O=C(CC(Cc1ccccc1)c1c[nH]c2ccccc12)NC(Cc1ccccc1)c1ccccc1. The highest BCUT2D eigenvalue weighted by atomic mass is 16.1. The third-order valence-electron chi connectivity index (χ3n) is 6.64. The number of para-hydroxylation sites is 1. The van der Waals surface area contributed by atoms with Gasteiger partial charge in [-0.15, -0.1) is 0 Å². The van der Waals surface area contributed by atoms with E-state index in [4.69, 9.17) is 0 Å². The second-order valence-corrected chi connectivity index (χ2v) is 9.10. The first-order valence-electron chi connectivity index (χ1n) is 12.2. The topological polar surface area (TPSA) is 44.9 Å². The van der Waals surface area contributed by atoms with Gasteiger partial charge in [-0.3, -0.25) is 4.79 Å². The molecule has 174 valence electrons. The van der Waals surface area contributed by atoms with E-state index in [0.29, 0.717) is 6.42 Å². The van der Waals surface area contributed by atoms with Gasteiger partial charge in [0.25, 0.3) is 0 Å². The van der Waals surface area contributed by atoms with Crippen molar-refractivity contribution in [1.29, 1.82) is 0 Å². The Kier molecular flexibility index (Phi) is 7.05. The maximum atomic E-state index is 13.5. The Labute approximate surface area is 206 Å². The Morgan fingerprint density at radius 3 is 1.94 bits per heavy atom. The highest BCUT2D eigenvalue weighted by molar-refractivity contribution is 5.85. The summed E-state index contributed by atoms with van der Waals surface area (Å²) in [6.07, 6.45) is 4.07. The third-order valence-corrected chi connectivity index (χ3v) is 6.64. The van der Waals surface area contributed by atoms with Crippen LogP contribution in [0.3, 0.4) is 0 Å². The van der Waals surface area contributed by atoms with E-state index in [0.717, 1.165) is 23.9 Å². The van der Waals surface area contributed by atoms with Gasteiger partial charge >= 0.3 is 0 Å². The van der Waals surface area contributed by atoms with Gasteiger partial charge in [-0.1, -0.05) is 109 Å². The summed E-state index contributed by atoms with van der Waals surface area (Å²) in [5, 5.41) is 4.54. The Morgan fingerprint density at radius 1 is 0.686 bits per heavy atom. The number of aromatic nitrogens is 1. The van der Waals surface area contributed by atoms with Crippen molar-refractivity contribution in [3.8, 4) is 0 Å². The van der Waals surface area contributed by atoms with Crippen molar-refractivity contribution in [3.63, 3.8) is 0 Å². The number of hydrogen-bond acceptors (Lipinski definition) is 1. The fourth-order valence-electron chi connectivity index (χ4n) is 4.89. The van der Waals surface area contributed by atoms with Gasteiger partial charge in [-0.25, -0.2) is 0 Å². The fourth-order valence-corrected chi connectivity index (χ4v) is 4.89. The van der Waals surface area contributed by atoms with Crippen molar-refractivity contribution >= 4 is 16.8 Å². The van der Waals surface area contributed by atoms with Crippen LogP contribution in [0.5, 0.6) is 0 Å². The standard InChI is InChI=1S/C32H30N2O/c35-32(34-31(26-16-8-3-9-17-26)21-25-14-6-2-7-15-25)22-27(20-24-12-4-1-5-13-24)29-23-33-30-19-11-10-18-28(29)30/h1-19,23,27,31,33H,20-22H2,(H,34,35). The van der Waals surface area contributed by atoms with Gasteiger partial charge in [0, 0.05) is 23.5 Å². The second-order valence-electron chi connectivity index (χ2n) is 9.10. The molecule has 4 aromatic carbocycles. The Hall–Kier alpha value is -4.11. The van der Waals surface area contributed by atoms with Crippen LogP contribution in [-0.4, -0.2) is 10.9 Å². The molecule has 5 aromatic rings. The molecule has 1 heterocycles. The minimum Gasteiger partial charge on any atom is -0.361 e. The summed E-state index contributed by atoms with van der Waals surface area (Å²) in [4.78, 5) is 16.9. The number of rotatable bonds is 9. The van der Waals surface area contributed by atoms with E-state index in [1.165, 1.54) is 22.1 Å². The molecule has 1 amide bonds. The molecule has 0 aliphatic carbocycles. The smallest absolute Gasteiger partial charge is 0.221 e. The lowest BCUT2D eigenvalue weighted by molar-refractivity contribution is -0.122. The second kappa shape index (κ2) is 10.9. The van der Waals surface area contributed by atoms with Crippen LogP contribution in [0.1, 0.15) is 40.6 Å². The third kappa shape index (κ3) is 5.70. The van der Waals surface area contributed by atoms with Crippen LogP contribution in [0.15, 0.2) is 121 Å². The highest BCUT2D eigenvalue weighted by Gasteiger charge is 2.22. The van der Waals surface area contributed by atoms with Gasteiger partial charge in [0.2, 0.25) is 5.91 Å². The Morgan fingerprint density at radius 2 is 1.26 bits per heavy atom. The molecule has 0 spiro atoms. The molecule has 2 unspecified atom stereocenters. The molecule has 2 N–H and O–H groups in total. The number of hydrogen-bond donors (Lipinski definition) is 2. The molecule has 35 heavy (non-hydrogen) atoms. The molecule has 0 radical (unpaired) electrons. The van der Waals surface area contributed by atoms with Crippen LogP contribution < -0.4 is 5.32 Å². The number of amides is 1. The van der Waals surface area contributed by atoms with E-state index in [9.17, 15) is 4.79 Å². The molecule has 0 fully saturated rings. The van der Waals surface area contributed by atoms with Crippen LogP contribution in [0.4, 0.5) is 0 Å². The predicted octanol–water partition coefficient (Wildman–Crippen LogP) is 6.98. The molecule has 0 aliphatic rings. The van der Waals surface area contributed by atoms with E-state index < -0.39 is 0 Å². The minimum atomic E-state index is -0.0774. The lowest BCUT2D eigenvalue weighted by Crippen LogP contribution is -2.31. The summed E-state index contributed by atoms with van der Waals surface area (Å²) in [7, 11) is 0. The lowest BCUT2D eigenvalue weighted by Gasteiger charge is -2.22. The molecular formula is C32H30N2O. The maximum Gasteiger partial charge on any atom is 0.221 e. The maximum absolute atomic E-state index is 13.5. The zero-order valence-electron chi connectivity index (χ0n) is 19.7. The van der Waals surface area contributed by atoms with Crippen LogP contribution in [0.25, 0.3) is 10.9 Å². The van der Waals surface area contributed by atoms with Crippen molar-refractivity contribution in [2.75, 3.05) is 0 Å². The first-order chi connectivity index (χ1) is 17.3. The molecular weight excluding hydrogens is 428 g/mol. The summed E-state index contributed by atoms with van der Waals surface area (Å²) in [6, 6.07) is 39.3. The van der Waals surface area contributed by atoms with Gasteiger partial charge in [0.05, 0.1) is 6.04 Å². The molecule has 3 heteroatoms.